The zero-order chi connectivity index (χ0) is 19.9. The van der Waals surface area contributed by atoms with Crippen LogP contribution in [0.15, 0.2) is 65.3 Å². The number of halogens is 2. The van der Waals surface area contributed by atoms with E-state index in [1.807, 2.05) is 0 Å². The SMILES string of the molecule is O=C(Nc1ccc(OC[C@H](O)COc2ccc(Cl)cc2Cl)cc1)c1ccco1. The van der Waals surface area contributed by atoms with Gasteiger partial charge in [0.2, 0.25) is 0 Å². The topological polar surface area (TPSA) is 80.9 Å². The molecule has 3 rings (SSSR count). The van der Waals surface area contributed by atoms with E-state index in [1.54, 1.807) is 54.6 Å². The van der Waals surface area contributed by atoms with Gasteiger partial charge in [0.15, 0.2) is 5.76 Å². The first-order chi connectivity index (χ1) is 13.5. The van der Waals surface area contributed by atoms with Crippen LogP contribution in [0, 0.1) is 0 Å². The van der Waals surface area contributed by atoms with Crippen LogP contribution in [0.1, 0.15) is 10.6 Å². The summed E-state index contributed by atoms with van der Waals surface area (Å²) in [7, 11) is 0. The molecule has 2 N–H and O–H groups in total. The quantitative estimate of drug-likeness (QED) is 0.552. The van der Waals surface area contributed by atoms with Crippen LogP contribution < -0.4 is 14.8 Å². The summed E-state index contributed by atoms with van der Waals surface area (Å²) in [6.45, 7) is 0.0436. The number of hydrogen-bond acceptors (Lipinski definition) is 5. The van der Waals surface area contributed by atoms with E-state index in [2.05, 4.69) is 5.32 Å². The van der Waals surface area contributed by atoms with E-state index in [1.165, 1.54) is 6.26 Å². The van der Waals surface area contributed by atoms with Crippen molar-refractivity contribution >= 4 is 34.8 Å². The van der Waals surface area contributed by atoms with Crippen LogP contribution in [0.3, 0.4) is 0 Å². The van der Waals surface area contributed by atoms with Gasteiger partial charge in [-0.1, -0.05) is 23.2 Å². The molecule has 0 aliphatic heterocycles. The Bertz CT molecular complexity index is 913. The van der Waals surface area contributed by atoms with Crippen LogP contribution in [0.4, 0.5) is 5.69 Å². The standard InChI is InChI=1S/C20H17Cl2NO5/c21-13-3-8-18(17(22)10-13)28-12-15(24)11-27-16-6-4-14(5-7-16)23-20(25)19-2-1-9-26-19/h1-10,15,24H,11-12H2,(H,23,25)/t15-/m0/s1. The third-order valence-corrected chi connectivity index (χ3v) is 4.16. The van der Waals surface area contributed by atoms with Crippen molar-refractivity contribution < 1.29 is 23.8 Å². The molecule has 1 atom stereocenters. The number of carbonyl (C=O) groups is 1. The second kappa shape index (κ2) is 9.50. The summed E-state index contributed by atoms with van der Waals surface area (Å²) < 4.78 is 16.0. The smallest absolute Gasteiger partial charge is 0.291 e. The van der Waals surface area contributed by atoms with E-state index in [9.17, 15) is 9.90 Å². The largest absolute Gasteiger partial charge is 0.491 e. The molecule has 8 heteroatoms. The van der Waals surface area contributed by atoms with Crippen LogP contribution in [-0.2, 0) is 0 Å². The first-order valence-electron chi connectivity index (χ1n) is 8.35. The molecule has 0 spiro atoms. The highest BCUT2D eigenvalue weighted by atomic mass is 35.5. The summed E-state index contributed by atoms with van der Waals surface area (Å²) in [6.07, 6.45) is 0.576. The minimum atomic E-state index is -0.856. The molecule has 146 valence electrons. The van der Waals surface area contributed by atoms with Crippen molar-refractivity contribution in [2.45, 2.75) is 6.10 Å². The third kappa shape index (κ3) is 5.66. The van der Waals surface area contributed by atoms with Gasteiger partial charge in [-0.2, -0.15) is 0 Å². The molecule has 1 aromatic heterocycles. The Kier molecular flexibility index (Phi) is 6.81. The summed E-state index contributed by atoms with van der Waals surface area (Å²) in [5.74, 6) is 0.859. The lowest BCUT2D eigenvalue weighted by molar-refractivity contribution is 0.0627. The highest BCUT2D eigenvalue weighted by Gasteiger charge is 2.10. The molecule has 0 aliphatic rings. The lowest BCUT2D eigenvalue weighted by atomic mass is 10.3. The Morgan fingerprint density at radius 2 is 1.82 bits per heavy atom. The summed E-state index contributed by atoms with van der Waals surface area (Å²) in [4.78, 5) is 11.9. The zero-order valence-electron chi connectivity index (χ0n) is 14.6. The molecule has 0 bridgehead atoms. The van der Waals surface area contributed by atoms with E-state index in [0.717, 1.165) is 0 Å². The molecular formula is C20H17Cl2NO5. The van der Waals surface area contributed by atoms with Gasteiger partial charge in [0.1, 0.15) is 30.8 Å². The Morgan fingerprint density at radius 1 is 1.07 bits per heavy atom. The van der Waals surface area contributed by atoms with Gasteiger partial charge in [0.05, 0.1) is 11.3 Å². The zero-order valence-corrected chi connectivity index (χ0v) is 16.1. The number of anilines is 1. The van der Waals surface area contributed by atoms with Crippen molar-refractivity contribution in [2.24, 2.45) is 0 Å². The summed E-state index contributed by atoms with van der Waals surface area (Å²) in [5.41, 5.74) is 0.593. The Labute approximate surface area is 171 Å². The number of aliphatic hydroxyl groups is 1. The molecular weight excluding hydrogens is 405 g/mol. The third-order valence-electron chi connectivity index (χ3n) is 3.62. The van der Waals surface area contributed by atoms with Crippen molar-refractivity contribution in [3.63, 3.8) is 0 Å². The van der Waals surface area contributed by atoms with Gasteiger partial charge in [-0.3, -0.25) is 4.79 Å². The maximum Gasteiger partial charge on any atom is 0.291 e. The minimum Gasteiger partial charge on any atom is -0.491 e. The van der Waals surface area contributed by atoms with E-state index in [4.69, 9.17) is 37.1 Å². The van der Waals surface area contributed by atoms with Gasteiger partial charge in [0, 0.05) is 10.7 Å². The van der Waals surface area contributed by atoms with Gasteiger partial charge in [-0.25, -0.2) is 0 Å². The average Bonchev–Trinajstić information content (AvgIpc) is 3.22. The fourth-order valence-electron chi connectivity index (χ4n) is 2.25. The van der Waals surface area contributed by atoms with Crippen LogP contribution in [0.5, 0.6) is 11.5 Å². The van der Waals surface area contributed by atoms with E-state index in [-0.39, 0.29) is 24.9 Å². The van der Waals surface area contributed by atoms with Crippen molar-refractivity contribution in [1.82, 2.24) is 0 Å². The number of benzene rings is 2. The molecule has 0 saturated heterocycles. The first kappa shape index (κ1) is 20.1. The fraction of sp³-hybridized carbons (Fsp3) is 0.150. The maximum absolute atomic E-state index is 11.9. The summed E-state index contributed by atoms with van der Waals surface area (Å²) in [6, 6.07) is 14.8. The van der Waals surface area contributed by atoms with E-state index >= 15 is 0 Å². The second-order valence-corrected chi connectivity index (χ2v) is 6.65. The van der Waals surface area contributed by atoms with Crippen molar-refractivity contribution in [3.05, 3.63) is 76.7 Å². The lowest BCUT2D eigenvalue weighted by Gasteiger charge is -2.14. The predicted molar refractivity (Wildman–Crippen MR) is 107 cm³/mol. The van der Waals surface area contributed by atoms with Crippen LogP contribution in [0.25, 0.3) is 0 Å². The van der Waals surface area contributed by atoms with Crippen molar-refractivity contribution in [3.8, 4) is 11.5 Å². The average molecular weight is 422 g/mol. The number of hydrogen-bond donors (Lipinski definition) is 2. The molecule has 1 heterocycles. The number of carbonyl (C=O) groups excluding carboxylic acids is 1. The van der Waals surface area contributed by atoms with E-state index in [0.29, 0.717) is 27.2 Å². The summed E-state index contributed by atoms with van der Waals surface area (Å²) >= 11 is 11.8. The Hall–Kier alpha value is -2.67. The van der Waals surface area contributed by atoms with Crippen LogP contribution in [0.2, 0.25) is 10.0 Å². The molecule has 2 aromatic carbocycles. The molecule has 28 heavy (non-hydrogen) atoms. The molecule has 0 saturated carbocycles. The number of amides is 1. The van der Waals surface area contributed by atoms with Gasteiger partial charge in [-0.15, -0.1) is 0 Å². The maximum atomic E-state index is 11.9. The molecule has 3 aromatic rings. The van der Waals surface area contributed by atoms with Gasteiger partial charge in [0.25, 0.3) is 5.91 Å². The monoisotopic (exact) mass is 421 g/mol. The van der Waals surface area contributed by atoms with Gasteiger partial charge in [-0.05, 0) is 54.6 Å². The molecule has 0 unspecified atom stereocenters. The predicted octanol–water partition coefficient (Wildman–Crippen LogP) is 4.66. The number of rotatable bonds is 8. The number of aliphatic hydroxyl groups excluding tert-OH is 1. The second-order valence-electron chi connectivity index (χ2n) is 5.81. The summed E-state index contributed by atoms with van der Waals surface area (Å²) in [5, 5.41) is 13.6. The fourth-order valence-corrected chi connectivity index (χ4v) is 2.72. The number of nitrogens with one attached hydrogen (secondary N) is 1. The highest BCUT2D eigenvalue weighted by molar-refractivity contribution is 6.35. The van der Waals surface area contributed by atoms with Gasteiger partial charge >= 0.3 is 0 Å². The normalized spacial score (nSPS) is 11.7. The number of ether oxygens (including phenoxy) is 2. The lowest BCUT2D eigenvalue weighted by Crippen LogP contribution is -2.25. The van der Waals surface area contributed by atoms with Crippen LogP contribution in [-0.4, -0.2) is 30.3 Å². The molecule has 0 aliphatic carbocycles. The molecule has 0 fully saturated rings. The molecule has 0 radical (unpaired) electrons. The highest BCUT2D eigenvalue weighted by Crippen LogP contribution is 2.27. The first-order valence-corrected chi connectivity index (χ1v) is 9.10. The van der Waals surface area contributed by atoms with Gasteiger partial charge < -0.3 is 24.3 Å². The van der Waals surface area contributed by atoms with Crippen molar-refractivity contribution in [1.29, 1.82) is 0 Å². The van der Waals surface area contributed by atoms with Crippen LogP contribution >= 0.6 is 23.2 Å². The Balaban J connectivity index is 1.44. The minimum absolute atomic E-state index is 0.0125. The number of furan rings is 1. The Morgan fingerprint density at radius 3 is 2.50 bits per heavy atom. The van der Waals surface area contributed by atoms with E-state index < -0.39 is 6.10 Å². The van der Waals surface area contributed by atoms with Crippen molar-refractivity contribution in [2.75, 3.05) is 18.5 Å². The molecule has 6 nitrogen and oxygen atoms in total. The molecule has 1 amide bonds.